The fraction of sp³-hybridized carbons (Fsp3) is 0.875. The molecule has 6 heteroatoms. The Labute approximate surface area is 134 Å². The summed E-state index contributed by atoms with van der Waals surface area (Å²) in [5.74, 6) is -0.275. The molecule has 1 saturated carbocycles. The number of hydrogen-bond donors (Lipinski definition) is 1. The van der Waals surface area contributed by atoms with Crippen molar-refractivity contribution in [3.63, 3.8) is 0 Å². The summed E-state index contributed by atoms with van der Waals surface area (Å²) in [6.45, 7) is 2.00. The van der Waals surface area contributed by atoms with Crippen molar-refractivity contribution >= 4 is 12.0 Å². The van der Waals surface area contributed by atoms with Crippen LogP contribution in [0.25, 0.3) is 0 Å². The fourth-order valence-corrected chi connectivity index (χ4v) is 2.73. The van der Waals surface area contributed by atoms with E-state index in [1.807, 2.05) is 14.1 Å². The molecule has 0 unspecified atom stereocenters. The first kappa shape index (κ1) is 18.7. The summed E-state index contributed by atoms with van der Waals surface area (Å²) < 4.78 is 4.67. The van der Waals surface area contributed by atoms with E-state index in [-0.39, 0.29) is 24.5 Å². The van der Waals surface area contributed by atoms with E-state index >= 15 is 0 Å². The maximum atomic E-state index is 12.4. The van der Waals surface area contributed by atoms with Crippen molar-refractivity contribution in [2.45, 2.75) is 51.0 Å². The number of urea groups is 1. The number of hydrogen-bond acceptors (Lipinski definition) is 4. The summed E-state index contributed by atoms with van der Waals surface area (Å²) in [4.78, 5) is 27.6. The van der Waals surface area contributed by atoms with Crippen molar-refractivity contribution in [2.75, 3.05) is 40.8 Å². The molecule has 1 aliphatic carbocycles. The van der Waals surface area contributed by atoms with Gasteiger partial charge in [-0.1, -0.05) is 19.3 Å². The van der Waals surface area contributed by atoms with Crippen LogP contribution in [-0.2, 0) is 9.53 Å². The third kappa shape index (κ3) is 7.64. The Bertz CT molecular complexity index is 342. The molecule has 0 bridgehead atoms. The van der Waals surface area contributed by atoms with Crippen LogP contribution in [0.1, 0.15) is 44.9 Å². The average Bonchev–Trinajstić information content (AvgIpc) is 2.50. The lowest BCUT2D eigenvalue weighted by molar-refractivity contribution is -0.140. The Kier molecular flexibility index (Phi) is 8.89. The molecular weight excluding hydrogens is 282 g/mol. The number of esters is 1. The van der Waals surface area contributed by atoms with Crippen molar-refractivity contribution in [3.8, 4) is 0 Å². The van der Waals surface area contributed by atoms with Gasteiger partial charge in [-0.05, 0) is 39.9 Å². The molecule has 0 aromatic rings. The topological polar surface area (TPSA) is 61.9 Å². The van der Waals surface area contributed by atoms with Gasteiger partial charge in [0.2, 0.25) is 0 Å². The van der Waals surface area contributed by atoms with Crippen molar-refractivity contribution < 1.29 is 14.3 Å². The second kappa shape index (κ2) is 10.4. The van der Waals surface area contributed by atoms with Gasteiger partial charge in [0.1, 0.15) is 0 Å². The lowest BCUT2D eigenvalue weighted by atomic mass is 9.96. The van der Waals surface area contributed by atoms with Gasteiger partial charge in [0.05, 0.1) is 13.5 Å². The third-order valence-electron chi connectivity index (χ3n) is 4.07. The van der Waals surface area contributed by atoms with E-state index in [2.05, 4.69) is 15.0 Å². The van der Waals surface area contributed by atoms with E-state index in [4.69, 9.17) is 0 Å². The van der Waals surface area contributed by atoms with Gasteiger partial charge < -0.3 is 19.9 Å². The van der Waals surface area contributed by atoms with E-state index in [0.29, 0.717) is 13.1 Å². The summed E-state index contributed by atoms with van der Waals surface area (Å²) in [5, 5.41) is 3.12. The highest BCUT2D eigenvalue weighted by Crippen LogP contribution is 2.17. The van der Waals surface area contributed by atoms with Crippen LogP contribution in [0.15, 0.2) is 0 Å². The Morgan fingerprint density at radius 2 is 1.77 bits per heavy atom. The molecule has 0 aliphatic heterocycles. The zero-order chi connectivity index (χ0) is 16.4. The molecule has 1 rings (SSSR count). The highest BCUT2D eigenvalue weighted by molar-refractivity contribution is 5.76. The van der Waals surface area contributed by atoms with Gasteiger partial charge in [0, 0.05) is 19.1 Å². The Morgan fingerprint density at radius 3 is 2.36 bits per heavy atom. The number of carbonyl (C=O) groups is 2. The molecule has 128 valence electrons. The third-order valence-corrected chi connectivity index (χ3v) is 4.07. The predicted octanol–water partition coefficient (Wildman–Crippen LogP) is 1.85. The van der Waals surface area contributed by atoms with Crippen LogP contribution in [0.3, 0.4) is 0 Å². The van der Waals surface area contributed by atoms with Crippen molar-refractivity contribution in [2.24, 2.45) is 0 Å². The van der Waals surface area contributed by atoms with Gasteiger partial charge >= 0.3 is 12.0 Å². The summed E-state index contributed by atoms with van der Waals surface area (Å²) in [6.07, 6.45) is 6.91. The predicted molar refractivity (Wildman–Crippen MR) is 86.8 cm³/mol. The first-order chi connectivity index (χ1) is 10.5. The zero-order valence-corrected chi connectivity index (χ0v) is 14.3. The van der Waals surface area contributed by atoms with Crippen LogP contribution < -0.4 is 5.32 Å². The molecule has 0 radical (unpaired) electrons. The smallest absolute Gasteiger partial charge is 0.317 e. The quantitative estimate of drug-likeness (QED) is 0.695. The number of nitrogens with zero attached hydrogens (tertiary/aromatic N) is 2. The molecule has 1 fully saturated rings. The van der Waals surface area contributed by atoms with Crippen molar-refractivity contribution in [1.29, 1.82) is 0 Å². The molecule has 1 N–H and O–H groups in total. The lowest BCUT2D eigenvalue weighted by Crippen LogP contribution is -2.46. The second-order valence-corrected chi connectivity index (χ2v) is 6.25. The molecule has 1 aliphatic rings. The SMILES string of the molecule is COC(=O)CCN(CCCN(C)C)C(=O)NC1CCCCC1. The van der Waals surface area contributed by atoms with Crippen LogP contribution in [0, 0.1) is 0 Å². The first-order valence-corrected chi connectivity index (χ1v) is 8.30. The minimum atomic E-state index is -0.275. The van der Waals surface area contributed by atoms with Gasteiger partial charge in [0.15, 0.2) is 0 Å². The molecule has 0 atom stereocenters. The van der Waals surface area contributed by atoms with Gasteiger partial charge in [-0.3, -0.25) is 4.79 Å². The first-order valence-electron chi connectivity index (χ1n) is 8.30. The highest BCUT2D eigenvalue weighted by atomic mass is 16.5. The van der Waals surface area contributed by atoms with Crippen molar-refractivity contribution in [1.82, 2.24) is 15.1 Å². The number of nitrogens with one attached hydrogen (secondary N) is 1. The molecular formula is C16H31N3O3. The molecule has 2 amide bonds. The maximum Gasteiger partial charge on any atom is 0.317 e. The fourth-order valence-electron chi connectivity index (χ4n) is 2.73. The van der Waals surface area contributed by atoms with Crippen LogP contribution in [0.5, 0.6) is 0 Å². The normalized spacial score (nSPS) is 15.6. The summed E-state index contributed by atoms with van der Waals surface area (Å²) in [5.41, 5.74) is 0. The number of carbonyl (C=O) groups excluding carboxylic acids is 2. The Hall–Kier alpha value is -1.30. The van der Waals surface area contributed by atoms with E-state index < -0.39 is 0 Å². The number of rotatable bonds is 8. The van der Waals surface area contributed by atoms with Gasteiger partial charge in [-0.25, -0.2) is 4.79 Å². The Balaban J connectivity index is 2.45. The van der Waals surface area contributed by atoms with Crippen LogP contribution >= 0.6 is 0 Å². The number of ether oxygens (including phenoxy) is 1. The van der Waals surface area contributed by atoms with Crippen LogP contribution in [0.2, 0.25) is 0 Å². The van der Waals surface area contributed by atoms with E-state index in [0.717, 1.165) is 25.8 Å². The summed E-state index contributed by atoms with van der Waals surface area (Å²) >= 11 is 0. The standard InChI is InChI=1S/C16H31N3O3/c1-18(2)11-7-12-19(13-10-15(20)22-3)16(21)17-14-8-5-4-6-9-14/h14H,4-13H2,1-3H3,(H,17,21). The van der Waals surface area contributed by atoms with E-state index in [1.165, 1.54) is 26.4 Å². The molecule has 0 aromatic carbocycles. The minimum Gasteiger partial charge on any atom is -0.469 e. The van der Waals surface area contributed by atoms with Crippen molar-refractivity contribution in [3.05, 3.63) is 0 Å². The van der Waals surface area contributed by atoms with E-state index in [9.17, 15) is 9.59 Å². The highest BCUT2D eigenvalue weighted by Gasteiger charge is 2.20. The second-order valence-electron chi connectivity index (χ2n) is 6.25. The molecule has 0 spiro atoms. The number of methoxy groups -OCH3 is 1. The monoisotopic (exact) mass is 313 g/mol. The molecule has 6 nitrogen and oxygen atoms in total. The van der Waals surface area contributed by atoms with E-state index in [1.54, 1.807) is 4.90 Å². The van der Waals surface area contributed by atoms with Gasteiger partial charge in [-0.15, -0.1) is 0 Å². The molecule has 0 aromatic heterocycles. The molecule has 0 heterocycles. The molecule has 0 saturated heterocycles. The number of amides is 2. The Morgan fingerprint density at radius 1 is 1.09 bits per heavy atom. The summed E-state index contributed by atoms with van der Waals surface area (Å²) in [7, 11) is 5.41. The van der Waals surface area contributed by atoms with Gasteiger partial charge in [-0.2, -0.15) is 0 Å². The summed E-state index contributed by atoms with van der Waals surface area (Å²) in [6, 6.07) is 0.241. The lowest BCUT2D eigenvalue weighted by Gasteiger charge is -2.28. The largest absolute Gasteiger partial charge is 0.469 e. The van der Waals surface area contributed by atoms with Gasteiger partial charge in [0.25, 0.3) is 0 Å². The van der Waals surface area contributed by atoms with Crippen LogP contribution in [-0.4, -0.2) is 68.7 Å². The molecule has 22 heavy (non-hydrogen) atoms. The maximum absolute atomic E-state index is 12.4. The minimum absolute atomic E-state index is 0.0467. The van der Waals surface area contributed by atoms with Crippen LogP contribution in [0.4, 0.5) is 4.79 Å². The average molecular weight is 313 g/mol. The zero-order valence-electron chi connectivity index (χ0n) is 14.3.